The van der Waals surface area contributed by atoms with Crippen LogP contribution in [0.15, 0.2) is 18.2 Å². The van der Waals surface area contributed by atoms with E-state index in [1.807, 2.05) is 6.07 Å². The molecule has 2 aromatic rings. The van der Waals surface area contributed by atoms with Crippen LogP contribution in [0.4, 0.5) is 4.39 Å². The lowest BCUT2D eigenvalue weighted by atomic mass is 10.1. The lowest BCUT2D eigenvalue weighted by Crippen LogP contribution is -2.09. The molecule has 1 aromatic heterocycles. The van der Waals surface area contributed by atoms with Gasteiger partial charge in [0.15, 0.2) is 0 Å². The molecule has 1 aliphatic carbocycles. The SMILES string of the molecule is Cc1c(CCN)n(C2CC2)c2cc(F)ccc12. The Morgan fingerprint density at radius 3 is 2.82 bits per heavy atom. The molecule has 0 atom stereocenters. The average molecular weight is 232 g/mol. The second-order valence-electron chi connectivity index (χ2n) is 4.87. The van der Waals surface area contributed by atoms with E-state index < -0.39 is 0 Å². The Balaban J connectivity index is 2.29. The van der Waals surface area contributed by atoms with E-state index in [-0.39, 0.29) is 5.82 Å². The van der Waals surface area contributed by atoms with Crippen molar-refractivity contribution in [3.8, 4) is 0 Å². The molecule has 1 aromatic carbocycles. The normalized spacial score (nSPS) is 15.7. The van der Waals surface area contributed by atoms with Gasteiger partial charge in [0.25, 0.3) is 0 Å². The van der Waals surface area contributed by atoms with Crippen LogP contribution in [0.1, 0.15) is 30.1 Å². The van der Waals surface area contributed by atoms with Gasteiger partial charge in [-0.05, 0) is 50.1 Å². The van der Waals surface area contributed by atoms with Crippen LogP contribution in [0.25, 0.3) is 10.9 Å². The van der Waals surface area contributed by atoms with Crippen LogP contribution in [0, 0.1) is 12.7 Å². The van der Waals surface area contributed by atoms with Gasteiger partial charge in [-0.3, -0.25) is 0 Å². The molecule has 0 spiro atoms. The summed E-state index contributed by atoms with van der Waals surface area (Å²) in [6.07, 6.45) is 3.28. The number of fused-ring (bicyclic) bond motifs is 1. The van der Waals surface area contributed by atoms with Crippen molar-refractivity contribution in [1.29, 1.82) is 0 Å². The van der Waals surface area contributed by atoms with Crippen LogP contribution >= 0.6 is 0 Å². The smallest absolute Gasteiger partial charge is 0.125 e. The molecule has 1 aliphatic rings. The lowest BCUT2D eigenvalue weighted by Gasteiger charge is -2.09. The monoisotopic (exact) mass is 232 g/mol. The van der Waals surface area contributed by atoms with Gasteiger partial charge in [0.05, 0.1) is 5.52 Å². The average Bonchev–Trinajstić information content (AvgIpc) is 3.09. The van der Waals surface area contributed by atoms with Crippen molar-refractivity contribution < 1.29 is 4.39 Å². The van der Waals surface area contributed by atoms with Crippen LogP contribution < -0.4 is 5.73 Å². The summed E-state index contributed by atoms with van der Waals surface area (Å²) in [6, 6.07) is 5.65. The van der Waals surface area contributed by atoms with Gasteiger partial charge < -0.3 is 10.3 Å². The fourth-order valence-electron chi connectivity index (χ4n) is 2.70. The fraction of sp³-hybridized carbons (Fsp3) is 0.429. The van der Waals surface area contributed by atoms with Crippen molar-refractivity contribution in [1.82, 2.24) is 4.57 Å². The fourth-order valence-corrected chi connectivity index (χ4v) is 2.70. The molecule has 0 radical (unpaired) electrons. The van der Waals surface area contributed by atoms with Crippen molar-refractivity contribution in [2.45, 2.75) is 32.2 Å². The van der Waals surface area contributed by atoms with Crippen molar-refractivity contribution in [3.63, 3.8) is 0 Å². The van der Waals surface area contributed by atoms with Gasteiger partial charge in [-0.2, -0.15) is 0 Å². The quantitative estimate of drug-likeness (QED) is 0.866. The second-order valence-corrected chi connectivity index (χ2v) is 4.87. The number of halogens is 1. The molecule has 3 heteroatoms. The minimum absolute atomic E-state index is 0.156. The third-order valence-electron chi connectivity index (χ3n) is 3.64. The van der Waals surface area contributed by atoms with Crippen LogP contribution in [0.5, 0.6) is 0 Å². The van der Waals surface area contributed by atoms with Gasteiger partial charge in [-0.1, -0.05) is 0 Å². The Hall–Kier alpha value is -1.35. The molecule has 2 N–H and O–H groups in total. The highest BCUT2D eigenvalue weighted by molar-refractivity contribution is 5.85. The minimum atomic E-state index is -0.156. The molecule has 1 heterocycles. The number of aryl methyl sites for hydroxylation is 1. The first-order valence-corrected chi connectivity index (χ1v) is 6.21. The summed E-state index contributed by atoms with van der Waals surface area (Å²) in [4.78, 5) is 0. The number of hydrogen-bond donors (Lipinski definition) is 1. The molecule has 1 fully saturated rings. The molecule has 0 amide bonds. The lowest BCUT2D eigenvalue weighted by molar-refractivity contribution is 0.627. The Morgan fingerprint density at radius 1 is 1.41 bits per heavy atom. The van der Waals surface area contributed by atoms with E-state index in [0.29, 0.717) is 12.6 Å². The molecule has 2 nitrogen and oxygen atoms in total. The maximum absolute atomic E-state index is 13.4. The highest BCUT2D eigenvalue weighted by Crippen LogP contribution is 2.41. The van der Waals surface area contributed by atoms with E-state index in [4.69, 9.17) is 5.73 Å². The number of hydrogen-bond acceptors (Lipinski definition) is 1. The topological polar surface area (TPSA) is 30.9 Å². The summed E-state index contributed by atoms with van der Waals surface area (Å²) in [6.45, 7) is 2.76. The van der Waals surface area contributed by atoms with Crippen LogP contribution in [-0.2, 0) is 6.42 Å². The van der Waals surface area contributed by atoms with Crippen molar-refractivity contribution in [2.75, 3.05) is 6.54 Å². The van der Waals surface area contributed by atoms with Gasteiger partial charge in [0.1, 0.15) is 5.82 Å². The molecule has 3 rings (SSSR count). The summed E-state index contributed by atoms with van der Waals surface area (Å²) < 4.78 is 15.7. The molecule has 90 valence electrons. The molecule has 0 aliphatic heterocycles. The summed E-state index contributed by atoms with van der Waals surface area (Å²) in [7, 11) is 0. The molecule has 0 unspecified atom stereocenters. The maximum Gasteiger partial charge on any atom is 0.125 e. The maximum atomic E-state index is 13.4. The molecule has 1 saturated carbocycles. The van der Waals surface area contributed by atoms with E-state index in [1.165, 1.54) is 29.5 Å². The predicted molar refractivity (Wildman–Crippen MR) is 67.7 cm³/mol. The largest absolute Gasteiger partial charge is 0.341 e. The van der Waals surface area contributed by atoms with E-state index >= 15 is 0 Å². The summed E-state index contributed by atoms with van der Waals surface area (Å²) in [5, 5.41) is 1.17. The number of nitrogens with two attached hydrogens (primary N) is 1. The van der Waals surface area contributed by atoms with Gasteiger partial charge >= 0.3 is 0 Å². The van der Waals surface area contributed by atoms with E-state index in [1.54, 1.807) is 12.1 Å². The Kier molecular flexibility index (Phi) is 2.44. The summed E-state index contributed by atoms with van der Waals surface area (Å²) in [5.41, 5.74) is 9.27. The molecular formula is C14H17FN2. The molecule has 0 saturated heterocycles. The van der Waals surface area contributed by atoms with Gasteiger partial charge in [0.2, 0.25) is 0 Å². The Labute approximate surface area is 100 Å². The Bertz CT molecular complexity index is 567. The van der Waals surface area contributed by atoms with E-state index in [9.17, 15) is 4.39 Å². The highest BCUT2D eigenvalue weighted by atomic mass is 19.1. The zero-order valence-electron chi connectivity index (χ0n) is 10.0. The van der Waals surface area contributed by atoms with Crippen molar-refractivity contribution >= 4 is 10.9 Å². The zero-order chi connectivity index (χ0) is 12.0. The number of nitrogens with zero attached hydrogens (tertiary/aromatic N) is 1. The molecular weight excluding hydrogens is 215 g/mol. The minimum Gasteiger partial charge on any atom is -0.341 e. The van der Waals surface area contributed by atoms with Crippen molar-refractivity contribution in [2.24, 2.45) is 5.73 Å². The Morgan fingerprint density at radius 2 is 2.18 bits per heavy atom. The summed E-state index contributed by atoms with van der Waals surface area (Å²) in [5.74, 6) is -0.156. The first-order chi connectivity index (χ1) is 8.22. The zero-order valence-corrected chi connectivity index (χ0v) is 10.0. The first kappa shape index (κ1) is 10.8. The molecule has 0 bridgehead atoms. The van der Waals surface area contributed by atoms with Gasteiger partial charge in [0, 0.05) is 23.5 Å². The predicted octanol–water partition coefficient (Wildman–Crippen LogP) is 2.92. The summed E-state index contributed by atoms with van der Waals surface area (Å²) >= 11 is 0. The molecule has 17 heavy (non-hydrogen) atoms. The van der Waals surface area contributed by atoms with E-state index in [2.05, 4.69) is 11.5 Å². The van der Waals surface area contributed by atoms with Gasteiger partial charge in [-0.25, -0.2) is 4.39 Å². The van der Waals surface area contributed by atoms with Crippen LogP contribution in [0.3, 0.4) is 0 Å². The van der Waals surface area contributed by atoms with E-state index in [0.717, 1.165) is 11.9 Å². The third-order valence-corrected chi connectivity index (χ3v) is 3.64. The van der Waals surface area contributed by atoms with Crippen molar-refractivity contribution in [3.05, 3.63) is 35.3 Å². The first-order valence-electron chi connectivity index (χ1n) is 6.21. The number of aromatic nitrogens is 1. The van der Waals surface area contributed by atoms with Crippen LogP contribution in [0.2, 0.25) is 0 Å². The number of rotatable bonds is 3. The standard InChI is InChI=1S/C14H17FN2/c1-9-12-5-2-10(15)8-14(12)17(11-3-4-11)13(9)6-7-16/h2,5,8,11H,3-4,6-7,16H2,1H3. The highest BCUT2D eigenvalue weighted by Gasteiger charge is 2.28. The van der Waals surface area contributed by atoms with Gasteiger partial charge in [-0.15, -0.1) is 0 Å². The third kappa shape index (κ3) is 1.65. The van der Waals surface area contributed by atoms with Crippen LogP contribution in [-0.4, -0.2) is 11.1 Å². The number of benzene rings is 1. The second kappa shape index (κ2) is 3.84.